The van der Waals surface area contributed by atoms with E-state index in [0.717, 1.165) is 12.0 Å². The van der Waals surface area contributed by atoms with Crippen LogP contribution in [0.15, 0.2) is 18.2 Å². The number of ether oxygens (including phenoxy) is 2. The molecule has 114 valence electrons. The van der Waals surface area contributed by atoms with Crippen LogP contribution in [-0.4, -0.2) is 33.1 Å². The first-order chi connectivity index (χ1) is 9.52. The molecule has 0 saturated heterocycles. The lowest BCUT2D eigenvalue weighted by Gasteiger charge is -2.12. The van der Waals surface area contributed by atoms with Gasteiger partial charge in [-0.2, -0.15) is 0 Å². The summed E-state index contributed by atoms with van der Waals surface area (Å²) in [5.41, 5.74) is 0.824. The maximum Gasteiger partial charge on any atom is 0.153 e. The van der Waals surface area contributed by atoms with E-state index >= 15 is 0 Å². The van der Waals surface area contributed by atoms with Gasteiger partial charge in [-0.05, 0) is 12.5 Å². The molecule has 6 heteroatoms. The second-order valence-corrected chi connectivity index (χ2v) is 7.08. The zero-order chi connectivity index (χ0) is 15.0. The Morgan fingerprint density at radius 3 is 2.50 bits per heavy atom. The van der Waals surface area contributed by atoms with E-state index in [4.69, 9.17) is 21.1 Å². The summed E-state index contributed by atoms with van der Waals surface area (Å²) < 4.78 is 33.9. The normalized spacial score (nSPS) is 11.3. The van der Waals surface area contributed by atoms with Crippen molar-refractivity contribution in [3.8, 4) is 11.5 Å². The predicted octanol–water partition coefficient (Wildman–Crippen LogP) is 3.03. The fourth-order valence-corrected chi connectivity index (χ4v) is 2.36. The fourth-order valence-electron chi connectivity index (χ4n) is 1.51. The maximum atomic E-state index is 11.4. The van der Waals surface area contributed by atoms with E-state index in [1.54, 1.807) is 13.0 Å². The highest BCUT2D eigenvalue weighted by atomic mass is 35.5. The first-order valence-electron chi connectivity index (χ1n) is 6.67. The SMILES string of the molecule is CCCOc1ccc(CCl)c(OCCS(=O)(=O)CC)c1. The van der Waals surface area contributed by atoms with Crippen molar-refractivity contribution in [1.29, 1.82) is 0 Å². The van der Waals surface area contributed by atoms with E-state index in [-0.39, 0.29) is 18.1 Å². The van der Waals surface area contributed by atoms with Crippen LogP contribution >= 0.6 is 11.6 Å². The average molecular weight is 321 g/mol. The summed E-state index contributed by atoms with van der Waals surface area (Å²) >= 11 is 5.85. The topological polar surface area (TPSA) is 52.6 Å². The van der Waals surface area contributed by atoms with Gasteiger partial charge in [-0.1, -0.05) is 19.9 Å². The minimum Gasteiger partial charge on any atom is -0.493 e. The highest BCUT2D eigenvalue weighted by Gasteiger charge is 2.10. The van der Waals surface area contributed by atoms with Crippen LogP contribution in [-0.2, 0) is 15.7 Å². The average Bonchev–Trinajstić information content (AvgIpc) is 2.45. The Balaban J connectivity index is 2.70. The first kappa shape index (κ1) is 17.1. The zero-order valence-corrected chi connectivity index (χ0v) is 13.5. The molecule has 0 bridgehead atoms. The molecule has 20 heavy (non-hydrogen) atoms. The molecule has 0 aliphatic carbocycles. The van der Waals surface area contributed by atoms with Crippen LogP contribution in [0.3, 0.4) is 0 Å². The van der Waals surface area contributed by atoms with E-state index in [2.05, 4.69) is 0 Å². The molecule has 0 aliphatic heterocycles. The van der Waals surface area contributed by atoms with Crippen LogP contribution < -0.4 is 9.47 Å². The Morgan fingerprint density at radius 2 is 1.90 bits per heavy atom. The summed E-state index contributed by atoms with van der Waals surface area (Å²) in [5.74, 6) is 1.72. The van der Waals surface area contributed by atoms with Crippen molar-refractivity contribution in [3.05, 3.63) is 23.8 Å². The number of alkyl halides is 1. The van der Waals surface area contributed by atoms with Crippen LogP contribution in [0.1, 0.15) is 25.8 Å². The maximum absolute atomic E-state index is 11.4. The molecule has 0 atom stereocenters. The summed E-state index contributed by atoms with van der Waals surface area (Å²) in [5, 5.41) is 0. The van der Waals surface area contributed by atoms with Crippen molar-refractivity contribution in [2.24, 2.45) is 0 Å². The van der Waals surface area contributed by atoms with Crippen molar-refractivity contribution in [2.75, 3.05) is 24.7 Å². The number of hydrogen-bond donors (Lipinski definition) is 0. The fraction of sp³-hybridized carbons (Fsp3) is 0.571. The summed E-state index contributed by atoms with van der Waals surface area (Å²) in [6.07, 6.45) is 0.919. The third-order valence-electron chi connectivity index (χ3n) is 2.75. The van der Waals surface area contributed by atoms with E-state index in [1.807, 2.05) is 19.1 Å². The number of benzene rings is 1. The van der Waals surface area contributed by atoms with Gasteiger partial charge in [0.1, 0.15) is 18.1 Å². The van der Waals surface area contributed by atoms with E-state index < -0.39 is 9.84 Å². The number of halogens is 1. The van der Waals surface area contributed by atoms with Crippen molar-refractivity contribution in [2.45, 2.75) is 26.1 Å². The lowest BCUT2D eigenvalue weighted by atomic mass is 10.2. The van der Waals surface area contributed by atoms with Gasteiger partial charge in [-0.3, -0.25) is 0 Å². The van der Waals surface area contributed by atoms with Gasteiger partial charge in [-0.15, -0.1) is 11.6 Å². The molecule has 0 unspecified atom stereocenters. The van der Waals surface area contributed by atoms with Gasteiger partial charge in [0.2, 0.25) is 0 Å². The Bertz CT molecular complexity index is 514. The monoisotopic (exact) mass is 320 g/mol. The molecular weight excluding hydrogens is 300 g/mol. The molecule has 0 spiro atoms. The highest BCUT2D eigenvalue weighted by molar-refractivity contribution is 7.91. The Morgan fingerprint density at radius 1 is 1.15 bits per heavy atom. The largest absolute Gasteiger partial charge is 0.493 e. The zero-order valence-electron chi connectivity index (χ0n) is 11.9. The van der Waals surface area contributed by atoms with Crippen LogP contribution in [0.25, 0.3) is 0 Å². The quantitative estimate of drug-likeness (QED) is 0.656. The van der Waals surface area contributed by atoms with E-state index in [9.17, 15) is 8.42 Å². The highest BCUT2D eigenvalue weighted by Crippen LogP contribution is 2.26. The molecule has 1 rings (SSSR count). The molecule has 0 saturated carbocycles. The molecule has 0 radical (unpaired) electrons. The van der Waals surface area contributed by atoms with E-state index in [1.165, 1.54) is 0 Å². The first-order valence-corrected chi connectivity index (χ1v) is 9.03. The second-order valence-electron chi connectivity index (χ2n) is 4.34. The summed E-state index contributed by atoms with van der Waals surface area (Å²) in [4.78, 5) is 0. The molecule has 0 fully saturated rings. The van der Waals surface area contributed by atoms with Gasteiger partial charge in [0, 0.05) is 17.4 Å². The standard InChI is InChI=1S/C14H21ClO4S/c1-3-7-18-13-6-5-12(11-15)14(10-13)19-8-9-20(16,17)4-2/h5-6,10H,3-4,7-9,11H2,1-2H3. The van der Waals surface area contributed by atoms with Crippen LogP contribution in [0, 0.1) is 0 Å². The Hall–Kier alpha value is -0.940. The molecular formula is C14H21ClO4S. The third-order valence-corrected chi connectivity index (χ3v) is 4.70. The lowest BCUT2D eigenvalue weighted by molar-refractivity contribution is 0.308. The molecule has 0 heterocycles. The van der Waals surface area contributed by atoms with Gasteiger partial charge >= 0.3 is 0 Å². The minimum absolute atomic E-state index is 0.00523. The molecule has 4 nitrogen and oxygen atoms in total. The van der Waals surface area contributed by atoms with Crippen LogP contribution in [0.5, 0.6) is 11.5 Å². The van der Waals surface area contributed by atoms with Crippen molar-refractivity contribution in [1.82, 2.24) is 0 Å². The molecule has 0 amide bonds. The number of sulfone groups is 1. The minimum atomic E-state index is -3.02. The third kappa shape index (κ3) is 5.59. The van der Waals surface area contributed by atoms with Gasteiger partial charge in [0.25, 0.3) is 0 Å². The lowest BCUT2D eigenvalue weighted by Crippen LogP contribution is -2.16. The van der Waals surface area contributed by atoms with E-state index in [0.29, 0.717) is 24.0 Å². The summed E-state index contributed by atoms with van der Waals surface area (Å²) in [7, 11) is -3.02. The van der Waals surface area contributed by atoms with Crippen molar-refractivity contribution < 1.29 is 17.9 Å². The van der Waals surface area contributed by atoms with Crippen LogP contribution in [0.4, 0.5) is 0 Å². The molecule has 0 N–H and O–H groups in total. The Kier molecular flexibility index (Phi) is 7.16. The number of rotatable bonds is 9. The van der Waals surface area contributed by atoms with Gasteiger partial charge in [0.05, 0.1) is 18.2 Å². The van der Waals surface area contributed by atoms with Gasteiger partial charge in [0.15, 0.2) is 9.84 Å². The van der Waals surface area contributed by atoms with Crippen LogP contribution in [0.2, 0.25) is 0 Å². The number of hydrogen-bond acceptors (Lipinski definition) is 4. The van der Waals surface area contributed by atoms with Gasteiger partial charge in [-0.25, -0.2) is 8.42 Å². The molecule has 1 aromatic rings. The van der Waals surface area contributed by atoms with Crippen molar-refractivity contribution in [3.63, 3.8) is 0 Å². The molecule has 1 aromatic carbocycles. The molecule has 0 aliphatic rings. The predicted molar refractivity (Wildman–Crippen MR) is 81.6 cm³/mol. The Labute approximate surface area is 126 Å². The summed E-state index contributed by atoms with van der Waals surface area (Å²) in [6.45, 7) is 4.40. The summed E-state index contributed by atoms with van der Waals surface area (Å²) in [6, 6.07) is 5.43. The smallest absolute Gasteiger partial charge is 0.153 e. The van der Waals surface area contributed by atoms with Crippen molar-refractivity contribution >= 4 is 21.4 Å². The van der Waals surface area contributed by atoms with Gasteiger partial charge < -0.3 is 9.47 Å². The molecule has 0 aromatic heterocycles. The second kappa shape index (κ2) is 8.37.